The van der Waals surface area contributed by atoms with Crippen molar-refractivity contribution in [1.29, 1.82) is 0 Å². The topological polar surface area (TPSA) is 60.9 Å². The summed E-state index contributed by atoms with van der Waals surface area (Å²) in [4.78, 5) is 28.4. The smallest absolute Gasteiger partial charge is 0.307 e. The molecule has 1 heterocycles. The molecule has 0 spiro atoms. The number of hydrogen-bond acceptors (Lipinski definition) is 3. The zero-order valence-corrected chi connectivity index (χ0v) is 13.4. The number of likely N-dealkylation sites (tertiary alicyclic amines) is 1. The Morgan fingerprint density at radius 1 is 1.19 bits per heavy atom. The summed E-state index contributed by atoms with van der Waals surface area (Å²) in [6, 6.07) is 0.436. The number of likely N-dealkylation sites (N-methyl/N-ethyl adjacent to an activating group) is 1. The zero-order chi connectivity index (χ0) is 15.6. The van der Waals surface area contributed by atoms with Crippen molar-refractivity contribution in [2.45, 2.75) is 46.1 Å². The van der Waals surface area contributed by atoms with Gasteiger partial charge in [0.25, 0.3) is 0 Å². The number of carboxylic acid groups (broad SMARTS) is 1. The molecule has 0 aromatic carbocycles. The molecule has 1 saturated heterocycles. The summed E-state index contributed by atoms with van der Waals surface area (Å²) in [5.74, 6) is -1.20. The van der Waals surface area contributed by atoms with Gasteiger partial charge in [0.05, 0.1) is 11.8 Å². The molecule has 1 N–H and O–H groups in total. The first-order valence-corrected chi connectivity index (χ1v) is 8.23. The molecular formula is C16H28N2O3. The van der Waals surface area contributed by atoms with Crippen LogP contribution in [-0.4, -0.2) is 59.0 Å². The van der Waals surface area contributed by atoms with Gasteiger partial charge in [-0.15, -0.1) is 0 Å². The van der Waals surface area contributed by atoms with Crippen LogP contribution in [0.4, 0.5) is 0 Å². The summed E-state index contributed by atoms with van der Waals surface area (Å²) in [7, 11) is 0. The van der Waals surface area contributed by atoms with E-state index in [2.05, 4.69) is 18.7 Å². The molecule has 0 aromatic heterocycles. The maximum Gasteiger partial charge on any atom is 0.307 e. The van der Waals surface area contributed by atoms with Crippen LogP contribution in [0.25, 0.3) is 0 Å². The van der Waals surface area contributed by atoms with Crippen molar-refractivity contribution in [3.63, 3.8) is 0 Å². The Hall–Kier alpha value is -1.10. The van der Waals surface area contributed by atoms with Crippen LogP contribution in [0.5, 0.6) is 0 Å². The summed E-state index contributed by atoms with van der Waals surface area (Å²) in [6.45, 7) is 9.88. The monoisotopic (exact) mass is 296 g/mol. The van der Waals surface area contributed by atoms with Gasteiger partial charge in [0.2, 0.25) is 5.91 Å². The number of carbonyl (C=O) groups is 2. The molecule has 0 radical (unpaired) electrons. The maximum atomic E-state index is 12.7. The first kappa shape index (κ1) is 16.3. The van der Waals surface area contributed by atoms with Gasteiger partial charge in [-0.1, -0.05) is 20.8 Å². The maximum absolute atomic E-state index is 12.7. The minimum absolute atomic E-state index is 0.0707. The number of amides is 1. The van der Waals surface area contributed by atoms with Crippen LogP contribution < -0.4 is 0 Å². The highest BCUT2D eigenvalue weighted by molar-refractivity contribution is 5.85. The lowest BCUT2D eigenvalue weighted by Crippen LogP contribution is -2.41. The van der Waals surface area contributed by atoms with Gasteiger partial charge in [-0.05, 0) is 38.3 Å². The van der Waals surface area contributed by atoms with E-state index >= 15 is 0 Å². The largest absolute Gasteiger partial charge is 0.481 e. The molecule has 2 aliphatic rings. The lowest BCUT2D eigenvalue weighted by atomic mass is 9.95. The fourth-order valence-corrected chi connectivity index (χ4v) is 4.05. The number of carboxylic acids is 1. The molecule has 21 heavy (non-hydrogen) atoms. The van der Waals surface area contributed by atoms with Crippen molar-refractivity contribution in [2.24, 2.45) is 17.8 Å². The number of rotatable bonds is 5. The summed E-state index contributed by atoms with van der Waals surface area (Å²) in [6.07, 6.45) is 2.37. The van der Waals surface area contributed by atoms with E-state index in [1.165, 1.54) is 0 Å². The molecule has 4 atom stereocenters. The third-order valence-corrected chi connectivity index (χ3v) is 5.24. The molecule has 4 unspecified atom stereocenters. The van der Waals surface area contributed by atoms with Gasteiger partial charge in [-0.25, -0.2) is 0 Å². The Bertz CT molecular complexity index is 395. The van der Waals surface area contributed by atoms with Crippen LogP contribution in [0.1, 0.15) is 40.0 Å². The highest BCUT2D eigenvalue weighted by Gasteiger charge is 2.44. The first-order chi connectivity index (χ1) is 9.97. The van der Waals surface area contributed by atoms with Crippen molar-refractivity contribution in [1.82, 2.24) is 9.80 Å². The van der Waals surface area contributed by atoms with Crippen molar-refractivity contribution < 1.29 is 14.7 Å². The fourth-order valence-electron chi connectivity index (χ4n) is 4.05. The highest BCUT2D eigenvalue weighted by Crippen LogP contribution is 2.38. The van der Waals surface area contributed by atoms with Gasteiger partial charge in [0.15, 0.2) is 0 Å². The van der Waals surface area contributed by atoms with E-state index in [9.17, 15) is 14.7 Å². The first-order valence-electron chi connectivity index (χ1n) is 8.23. The third kappa shape index (κ3) is 3.39. The van der Waals surface area contributed by atoms with Gasteiger partial charge in [0.1, 0.15) is 0 Å². The Labute approximate surface area is 127 Å². The highest BCUT2D eigenvalue weighted by atomic mass is 16.4. The van der Waals surface area contributed by atoms with Crippen LogP contribution in [-0.2, 0) is 9.59 Å². The lowest BCUT2D eigenvalue weighted by Gasteiger charge is -2.27. The summed E-state index contributed by atoms with van der Waals surface area (Å²) < 4.78 is 0. The third-order valence-electron chi connectivity index (χ3n) is 5.24. The molecule has 2 fully saturated rings. The van der Waals surface area contributed by atoms with E-state index in [1.807, 2.05) is 11.8 Å². The molecule has 1 aliphatic heterocycles. The van der Waals surface area contributed by atoms with Crippen molar-refractivity contribution in [3.8, 4) is 0 Å². The van der Waals surface area contributed by atoms with Gasteiger partial charge < -0.3 is 10.0 Å². The Morgan fingerprint density at radius 2 is 1.81 bits per heavy atom. The molecule has 5 heteroatoms. The van der Waals surface area contributed by atoms with Gasteiger partial charge in [-0.3, -0.25) is 14.5 Å². The fraction of sp³-hybridized carbons (Fsp3) is 0.875. The zero-order valence-electron chi connectivity index (χ0n) is 13.4. The summed E-state index contributed by atoms with van der Waals surface area (Å²) >= 11 is 0. The van der Waals surface area contributed by atoms with Crippen LogP contribution in [0, 0.1) is 17.8 Å². The van der Waals surface area contributed by atoms with Gasteiger partial charge >= 0.3 is 5.97 Å². The Kier molecular flexibility index (Phi) is 5.25. The molecule has 0 bridgehead atoms. The van der Waals surface area contributed by atoms with Crippen molar-refractivity contribution >= 4 is 11.9 Å². The average Bonchev–Trinajstić information content (AvgIpc) is 3.06. The molecule has 5 nitrogen and oxygen atoms in total. The van der Waals surface area contributed by atoms with E-state index in [1.54, 1.807) is 0 Å². The number of nitrogens with zero attached hydrogens (tertiary/aromatic N) is 2. The van der Waals surface area contributed by atoms with Crippen LogP contribution in [0.3, 0.4) is 0 Å². The molecule has 1 saturated carbocycles. The standard InChI is InChI=1S/C16H28N2O3/c1-4-17(5-2)12-6-7-18(10-12)15(19)13-8-11(3)9-14(13)16(20)21/h11-14H,4-10H2,1-3H3,(H,20,21). The predicted molar refractivity (Wildman–Crippen MR) is 80.9 cm³/mol. The second-order valence-electron chi connectivity index (χ2n) is 6.58. The number of aliphatic carboxylic acids is 1. The molecule has 2 rings (SSSR count). The minimum Gasteiger partial charge on any atom is -0.481 e. The molecule has 120 valence electrons. The quantitative estimate of drug-likeness (QED) is 0.838. The average molecular weight is 296 g/mol. The van der Waals surface area contributed by atoms with Crippen molar-refractivity contribution in [2.75, 3.05) is 26.2 Å². The molecular weight excluding hydrogens is 268 g/mol. The normalized spacial score (nSPS) is 32.9. The molecule has 1 aliphatic carbocycles. The van der Waals surface area contributed by atoms with Gasteiger partial charge in [0, 0.05) is 19.1 Å². The van der Waals surface area contributed by atoms with E-state index in [4.69, 9.17) is 0 Å². The Morgan fingerprint density at radius 3 is 2.38 bits per heavy atom. The van der Waals surface area contributed by atoms with Gasteiger partial charge in [-0.2, -0.15) is 0 Å². The number of hydrogen-bond donors (Lipinski definition) is 1. The second-order valence-corrected chi connectivity index (χ2v) is 6.58. The summed E-state index contributed by atoms with van der Waals surface area (Å²) in [5.41, 5.74) is 0. The van der Waals surface area contributed by atoms with Crippen molar-refractivity contribution in [3.05, 3.63) is 0 Å². The minimum atomic E-state index is -0.808. The Balaban J connectivity index is 1.99. The van der Waals surface area contributed by atoms with E-state index < -0.39 is 11.9 Å². The second kappa shape index (κ2) is 6.77. The van der Waals surface area contributed by atoms with E-state index in [0.29, 0.717) is 18.4 Å². The van der Waals surface area contributed by atoms with Crippen LogP contribution in [0.15, 0.2) is 0 Å². The van der Waals surface area contributed by atoms with E-state index in [0.717, 1.165) is 39.0 Å². The number of carbonyl (C=O) groups excluding carboxylic acids is 1. The molecule has 0 aromatic rings. The molecule has 1 amide bonds. The van der Waals surface area contributed by atoms with Crippen LogP contribution in [0.2, 0.25) is 0 Å². The summed E-state index contributed by atoms with van der Waals surface area (Å²) in [5, 5.41) is 9.33. The lowest BCUT2D eigenvalue weighted by molar-refractivity contribution is -0.148. The van der Waals surface area contributed by atoms with E-state index in [-0.39, 0.29) is 11.8 Å². The SMILES string of the molecule is CCN(CC)C1CCN(C(=O)C2CC(C)CC2C(=O)O)C1. The predicted octanol–water partition coefficient (Wildman–Crippen LogP) is 1.68. The van der Waals surface area contributed by atoms with Crippen LogP contribution >= 0.6 is 0 Å².